The maximum absolute atomic E-state index is 13.9. The Morgan fingerprint density at radius 2 is 1.73 bits per heavy atom. The van der Waals surface area contributed by atoms with Crippen LogP contribution in [0.5, 0.6) is 11.5 Å². The van der Waals surface area contributed by atoms with Gasteiger partial charge in [-0.1, -0.05) is 30.3 Å². The van der Waals surface area contributed by atoms with E-state index in [0.717, 1.165) is 36.0 Å². The first-order valence-corrected chi connectivity index (χ1v) is 11.1. The summed E-state index contributed by atoms with van der Waals surface area (Å²) in [6, 6.07) is 13.1. The number of likely N-dealkylation sites (tertiary alicyclic amines) is 1. The van der Waals surface area contributed by atoms with E-state index in [2.05, 4.69) is 14.7 Å². The Bertz CT molecular complexity index is 1210. The number of likely N-dealkylation sites (N-methyl/N-ethyl adjacent to an activating group) is 1. The third-order valence-electron chi connectivity index (χ3n) is 5.85. The summed E-state index contributed by atoms with van der Waals surface area (Å²) >= 11 is 0. The number of benzene rings is 2. The molecule has 1 aromatic heterocycles. The summed E-state index contributed by atoms with van der Waals surface area (Å²) in [6.07, 6.45) is -9.55. The van der Waals surface area contributed by atoms with Gasteiger partial charge in [-0.15, -0.1) is 13.2 Å². The molecule has 3 aromatic rings. The smallest absolute Gasteiger partial charge is 0.406 e. The number of alkyl halides is 6. The summed E-state index contributed by atoms with van der Waals surface area (Å²) in [4.78, 5) is 16.1. The van der Waals surface area contributed by atoms with E-state index in [1.54, 1.807) is 0 Å². The van der Waals surface area contributed by atoms with Gasteiger partial charge in [-0.2, -0.15) is 18.3 Å². The molecular weight excluding hydrogens is 506 g/mol. The maximum Gasteiger partial charge on any atom is 0.573 e. The lowest BCUT2D eigenvalue weighted by Crippen LogP contribution is -2.40. The molecule has 0 spiro atoms. The van der Waals surface area contributed by atoms with Gasteiger partial charge in [0.25, 0.3) is 0 Å². The number of ether oxygens (including phenoxy) is 2. The van der Waals surface area contributed by atoms with Gasteiger partial charge in [-0.05, 0) is 36.2 Å². The molecule has 198 valence electrons. The second kappa shape index (κ2) is 10.3. The number of hydrogen-bond donors (Lipinski definition) is 0. The van der Waals surface area contributed by atoms with Crippen LogP contribution in [0, 0.1) is 0 Å². The van der Waals surface area contributed by atoms with E-state index >= 15 is 0 Å². The van der Waals surface area contributed by atoms with Crippen molar-refractivity contribution in [3.05, 3.63) is 72.1 Å². The number of amides is 1. The van der Waals surface area contributed by atoms with Crippen molar-refractivity contribution in [3.63, 3.8) is 0 Å². The van der Waals surface area contributed by atoms with Crippen LogP contribution in [-0.4, -0.2) is 58.2 Å². The zero-order valence-electron chi connectivity index (χ0n) is 19.5. The zero-order valence-corrected chi connectivity index (χ0v) is 19.5. The van der Waals surface area contributed by atoms with Crippen LogP contribution >= 0.6 is 0 Å². The molecule has 1 aliphatic rings. The first-order valence-electron chi connectivity index (χ1n) is 11.1. The molecule has 0 bridgehead atoms. The van der Waals surface area contributed by atoms with E-state index in [9.17, 15) is 31.1 Å². The monoisotopic (exact) mass is 528 g/mol. The molecule has 2 aromatic carbocycles. The van der Waals surface area contributed by atoms with Crippen molar-refractivity contribution in [1.29, 1.82) is 0 Å². The first kappa shape index (κ1) is 26.3. The van der Waals surface area contributed by atoms with Crippen molar-refractivity contribution in [2.75, 3.05) is 20.1 Å². The summed E-state index contributed by atoms with van der Waals surface area (Å²) in [5, 5.41) is 3.66. The maximum atomic E-state index is 13.9. The average Bonchev–Trinajstić information content (AvgIpc) is 3.46. The molecule has 37 heavy (non-hydrogen) atoms. The lowest BCUT2D eigenvalue weighted by Gasteiger charge is -2.24. The third kappa shape index (κ3) is 6.53. The minimum Gasteiger partial charge on any atom is -0.406 e. The summed E-state index contributed by atoms with van der Waals surface area (Å²) < 4.78 is 88.0. The topological polar surface area (TPSA) is 59.8 Å². The number of rotatable bonds is 6. The highest BCUT2D eigenvalue weighted by Gasteiger charge is 2.41. The van der Waals surface area contributed by atoms with Gasteiger partial charge in [-0.3, -0.25) is 4.90 Å². The minimum absolute atomic E-state index is 0.204. The van der Waals surface area contributed by atoms with Crippen LogP contribution in [0.2, 0.25) is 0 Å². The molecule has 1 aliphatic heterocycles. The lowest BCUT2D eigenvalue weighted by atomic mass is 10.2. The van der Waals surface area contributed by atoms with Crippen molar-refractivity contribution >= 4 is 6.09 Å². The molecule has 4 rings (SSSR count). The van der Waals surface area contributed by atoms with E-state index in [0.29, 0.717) is 30.7 Å². The predicted octanol–water partition coefficient (Wildman–Crippen LogP) is 5.49. The van der Waals surface area contributed by atoms with Crippen LogP contribution in [0.1, 0.15) is 17.7 Å². The van der Waals surface area contributed by atoms with Crippen LogP contribution in [0.3, 0.4) is 0 Å². The van der Waals surface area contributed by atoms with Gasteiger partial charge in [0.1, 0.15) is 5.75 Å². The van der Waals surface area contributed by atoms with Gasteiger partial charge in [0, 0.05) is 32.7 Å². The van der Waals surface area contributed by atoms with Crippen molar-refractivity contribution < 1.29 is 40.6 Å². The molecule has 1 atom stereocenters. The van der Waals surface area contributed by atoms with Crippen LogP contribution in [0.25, 0.3) is 5.69 Å². The quantitative estimate of drug-likeness (QED) is 0.396. The largest absolute Gasteiger partial charge is 0.573 e. The molecule has 2 heterocycles. The second-order valence-electron chi connectivity index (χ2n) is 8.45. The fourth-order valence-electron chi connectivity index (χ4n) is 4.08. The summed E-state index contributed by atoms with van der Waals surface area (Å²) in [7, 11) is 1.45. The van der Waals surface area contributed by atoms with Crippen LogP contribution in [-0.2, 0) is 12.7 Å². The molecule has 0 aliphatic carbocycles. The molecule has 7 nitrogen and oxygen atoms in total. The summed E-state index contributed by atoms with van der Waals surface area (Å²) in [6.45, 7) is 1.91. The minimum atomic E-state index is -4.98. The number of carbonyl (C=O) groups is 1. The highest BCUT2D eigenvalue weighted by Crippen LogP contribution is 2.38. The van der Waals surface area contributed by atoms with E-state index in [-0.39, 0.29) is 11.7 Å². The standard InChI is InChI=1S/C24H22F6N4O3/c1-32(18-11-12-33(15-18)14-16-5-3-2-4-6-16)22(35)36-20-13-31-34(21(20)23(25,26)27)17-7-9-19(10-8-17)37-24(28,29)30/h2-10,13,18H,11-12,14-15H2,1H3. The molecule has 0 radical (unpaired) electrons. The first-order chi connectivity index (χ1) is 17.4. The number of nitrogens with zero attached hydrogens (tertiary/aromatic N) is 4. The highest BCUT2D eigenvalue weighted by molar-refractivity contribution is 5.71. The number of halogens is 6. The molecule has 0 saturated carbocycles. The third-order valence-corrected chi connectivity index (χ3v) is 5.85. The van der Waals surface area contributed by atoms with Gasteiger partial charge in [-0.25, -0.2) is 9.48 Å². The van der Waals surface area contributed by atoms with Crippen LogP contribution < -0.4 is 9.47 Å². The number of aromatic nitrogens is 2. The second-order valence-corrected chi connectivity index (χ2v) is 8.45. The Hall–Kier alpha value is -3.74. The van der Waals surface area contributed by atoms with Gasteiger partial charge in [0.05, 0.1) is 11.9 Å². The zero-order chi connectivity index (χ0) is 26.8. The fourth-order valence-corrected chi connectivity index (χ4v) is 4.08. The Balaban J connectivity index is 1.46. The average molecular weight is 528 g/mol. The number of carbonyl (C=O) groups excluding carboxylic acids is 1. The molecule has 1 saturated heterocycles. The van der Waals surface area contributed by atoms with Gasteiger partial charge >= 0.3 is 18.6 Å². The molecule has 1 amide bonds. The highest BCUT2D eigenvalue weighted by atomic mass is 19.4. The van der Waals surface area contributed by atoms with Crippen LogP contribution in [0.4, 0.5) is 31.1 Å². The number of hydrogen-bond acceptors (Lipinski definition) is 5. The van der Waals surface area contributed by atoms with E-state index < -0.39 is 35.8 Å². The Labute approximate surface area is 207 Å². The Morgan fingerprint density at radius 3 is 2.35 bits per heavy atom. The Kier molecular flexibility index (Phi) is 7.35. The van der Waals surface area contributed by atoms with Crippen molar-refractivity contribution in [2.45, 2.75) is 31.5 Å². The molecule has 0 N–H and O–H groups in total. The summed E-state index contributed by atoms with van der Waals surface area (Å²) in [5.41, 5.74) is -0.477. The molecular formula is C24H22F6N4O3. The fraction of sp³-hybridized carbons (Fsp3) is 0.333. The van der Waals surface area contributed by atoms with Crippen molar-refractivity contribution in [1.82, 2.24) is 19.6 Å². The lowest BCUT2D eigenvalue weighted by molar-refractivity contribution is -0.274. The Morgan fingerprint density at radius 1 is 1.05 bits per heavy atom. The SMILES string of the molecule is CN(C(=O)Oc1cnn(-c2ccc(OC(F)(F)F)cc2)c1C(F)(F)F)C1CCN(Cc2ccccc2)C1. The summed E-state index contributed by atoms with van der Waals surface area (Å²) in [5.74, 6) is -1.43. The van der Waals surface area contributed by atoms with Gasteiger partial charge in [0.2, 0.25) is 0 Å². The normalized spacial score (nSPS) is 16.6. The molecule has 1 unspecified atom stereocenters. The predicted molar refractivity (Wildman–Crippen MR) is 119 cm³/mol. The van der Waals surface area contributed by atoms with Crippen molar-refractivity contribution in [2.24, 2.45) is 0 Å². The molecule has 1 fully saturated rings. The van der Waals surface area contributed by atoms with Gasteiger partial charge in [0.15, 0.2) is 11.4 Å². The van der Waals surface area contributed by atoms with Crippen LogP contribution in [0.15, 0.2) is 60.8 Å². The van der Waals surface area contributed by atoms with E-state index in [1.165, 1.54) is 11.9 Å². The molecule has 13 heteroatoms. The van der Waals surface area contributed by atoms with E-state index in [1.807, 2.05) is 30.3 Å². The van der Waals surface area contributed by atoms with Gasteiger partial charge < -0.3 is 14.4 Å². The van der Waals surface area contributed by atoms with E-state index in [4.69, 9.17) is 4.74 Å². The van der Waals surface area contributed by atoms with Crippen molar-refractivity contribution in [3.8, 4) is 17.2 Å².